The lowest BCUT2D eigenvalue weighted by atomic mass is 9.91. The number of carbonyl (C=O) groups is 3. The van der Waals surface area contributed by atoms with Gasteiger partial charge in [-0.2, -0.15) is 0 Å². The Balaban J connectivity index is 1.48. The molecular weight excluding hydrogens is 570 g/mol. The number of morpholine rings is 1. The summed E-state index contributed by atoms with van der Waals surface area (Å²) in [7, 11) is 0. The maximum atomic E-state index is 14.7. The summed E-state index contributed by atoms with van der Waals surface area (Å²) in [6.07, 6.45) is 0.731. The Hall–Kier alpha value is -3.92. The van der Waals surface area contributed by atoms with Crippen LogP contribution in [-0.2, 0) is 27.2 Å². The zero-order valence-electron chi connectivity index (χ0n) is 27.3. The van der Waals surface area contributed by atoms with Crippen molar-refractivity contribution in [3.8, 4) is 0 Å². The normalized spacial score (nSPS) is 19.2. The number of aryl methyl sites for hydroxylation is 2. The number of fused-ring (bicyclic) bond motifs is 1. The first-order chi connectivity index (χ1) is 21.5. The van der Waals surface area contributed by atoms with Crippen LogP contribution in [0.25, 0.3) is 11.0 Å². The van der Waals surface area contributed by atoms with Crippen molar-refractivity contribution in [2.45, 2.75) is 65.6 Å². The molecule has 0 bridgehead atoms. The molecule has 2 fully saturated rings. The zero-order chi connectivity index (χ0) is 32.1. The highest BCUT2D eigenvalue weighted by Crippen LogP contribution is 2.28. The van der Waals surface area contributed by atoms with Gasteiger partial charge in [-0.25, -0.2) is 9.78 Å². The molecule has 2 atom stereocenters. The molecular formula is C35H47N5O5. The molecule has 3 heterocycles. The summed E-state index contributed by atoms with van der Waals surface area (Å²) < 4.78 is 13.3. The fourth-order valence-electron chi connectivity index (χ4n) is 6.27. The monoisotopic (exact) mass is 617 g/mol. The van der Waals surface area contributed by atoms with Gasteiger partial charge < -0.3 is 28.7 Å². The van der Waals surface area contributed by atoms with E-state index >= 15 is 0 Å². The topological polar surface area (TPSA) is 97.2 Å². The van der Waals surface area contributed by atoms with Crippen molar-refractivity contribution in [2.75, 3.05) is 45.9 Å². The summed E-state index contributed by atoms with van der Waals surface area (Å²) in [5.74, 6) is -0.140. The molecule has 2 aliphatic rings. The molecule has 242 valence electrons. The number of nitrogens with zero attached hydrogens (tertiary/aromatic N) is 5. The first kappa shape index (κ1) is 32.5. The van der Waals surface area contributed by atoms with E-state index in [1.807, 2.05) is 77.6 Å². The Morgan fingerprint density at radius 2 is 1.67 bits per heavy atom. The van der Waals surface area contributed by atoms with Crippen molar-refractivity contribution < 1.29 is 23.9 Å². The predicted octanol–water partition coefficient (Wildman–Crippen LogP) is 4.86. The van der Waals surface area contributed by atoms with Crippen molar-refractivity contribution in [2.24, 2.45) is 11.8 Å². The standard InChI is InChI=1S/C35H47N5O5/c1-25(2)22-40(33(42)31-36-29-13-9-10-14-30(29)39(31)16-15-26-11-7-6-8-12-26)28-21-27(32(41)37-17-19-44-20-18-37)23-38(24-28)34(43)45-35(3,4)5/h6-14,25,27-28H,15-24H2,1-5H3/t27-,28+/m1/s1. The van der Waals surface area contributed by atoms with E-state index in [0.717, 1.165) is 17.5 Å². The number of amides is 3. The van der Waals surface area contributed by atoms with Gasteiger partial charge >= 0.3 is 6.09 Å². The van der Waals surface area contributed by atoms with Crippen LogP contribution in [0.15, 0.2) is 54.6 Å². The minimum atomic E-state index is -0.690. The van der Waals surface area contributed by atoms with Crippen molar-refractivity contribution in [3.05, 3.63) is 66.0 Å². The predicted molar refractivity (Wildman–Crippen MR) is 173 cm³/mol. The van der Waals surface area contributed by atoms with Crippen LogP contribution in [-0.4, -0.2) is 99.7 Å². The summed E-state index contributed by atoms with van der Waals surface area (Å²) in [6.45, 7) is 13.3. The highest BCUT2D eigenvalue weighted by atomic mass is 16.6. The Labute approximate surface area is 266 Å². The summed E-state index contributed by atoms with van der Waals surface area (Å²) in [6, 6.07) is 17.6. The first-order valence-electron chi connectivity index (χ1n) is 16.1. The van der Waals surface area contributed by atoms with E-state index < -0.39 is 23.7 Å². The third-order valence-electron chi connectivity index (χ3n) is 8.33. The lowest BCUT2D eigenvalue weighted by Gasteiger charge is -2.44. The number of ether oxygens (including phenoxy) is 2. The fourth-order valence-corrected chi connectivity index (χ4v) is 6.27. The second-order valence-corrected chi connectivity index (χ2v) is 13.6. The van der Waals surface area contributed by atoms with Gasteiger partial charge in [-0.05, 0) is 57.2 Å². The fraction of sp³-hybridized carbons (Fsp3) is 0.543. The third kappa shape index (κ3) is 8.03. The Kier molecular flexibility index (Phi) is 10.1. The maximum absolute atomic E-state index is 14.7. The van der Waals surface area contributed by atoms with Crippen molar-refractivity contribution >= 4 is 28.9 Å². The highest BCUT2D eigenvalue weighted by molar-refractivity contribution is 5.95. The van der Waals surface area contributed by atoms with Crippen LogP contribution in [0.2, 0.25) is 0 Å². The molecule has 0 N–H and O–H groups in total. The molecule has 0 unspecified atom stereocenters. The van der Waals surface area contributed by atoms with E-state index in [2.05, 4.69) is 26.0 Å². The Morgan fingerprint density at radius 3 is 2.36 bits per heavy atom. The molecule has 0 spiro atoms. The van der Waals surface area contributed by atoms with E-state index in [-0.39, 0.29) is 30.8 Å². The molecule has 2 saturated heterocycles. The summed E-state index contributed by atoms with van der Waals surface area (Å²) >= 11 is 0. The molecule has 5 rings (SSSR count). The van der Waals surface area contributed by atoms with Crippen molar-refractivity contribution in [1.82, 2.24) is 24.3 Å². The molecule has 0 aliphatic carbocycles. The molecule has 3 aromatic rings. The molecule has 1 aromatic heterocycles. The summed E-state index contributed by atoms with van der Waals surface area (Å²) in [5.41, 5.74) is 2.15. The average Bonchev–Trinajstić information content (AvgIpc) is 3.40. The largest absolute Gasteiger partial charge is 0.444 e. The number of imidazole rings is 1. The van der Waals surface area contributed by atoms with Crippen LogP contribution in [0.3, 0.4) is 0 Å². The number of rotatable bonds is 8. The SMILES string of the molecule is CC(C)CN(C(=O)c1nc2ccccc2n1CCc1ccccc1)[C@H]1C[C@@H](C(=O)N2CCOCC2)CN(C(=O)OC(C)(C)C)C1. The number of piperidine rings is 1. The Morgan fingerprint density at radius 1 is 0.978 bits per heavy atom. The average molecular weight is 618 g/mol. The number of hydrogen-bond acceptors (Lipinski definition) is 6. The van der Waals surface area contributed by atoms with Gasteiger partial charge in [-0.3, -0.25) is 9.59 Å². The molecule has 2 aromatic carbocycles. The zero-order valence-corrected chi connectivity index (χ0v) is 27.3. The van der Waals surface area contributed by atoms with Gasteiger partial charge in [0, 0.05) is 39.3 Å². The van der Waals surface area contributed by atoms with Crippen molar-refractivity contribution in [3.63, 3.8) is 0 Å². The smallest absolute Gasteiger partial charge is 0.410 e. The van der Waals surface area contributed by atoms with Gasteiger partial charge in [0.15, 0.2) is 5.82 Å². The van der Waals surface area contributed by atoms with Crippen LogP contribution < -0.4 is 0 Å². The molecule has 2 aliphatic heterocycles. The van der Waals surface area contributed by atoms with E-state index in [0.29, 0.717) is 51.6 Å². The number of benzene rings is 2. The van der Waals surface area contributed by atoms with Gasteiger partial charge in [0.05, 0.1) is 36.2 Å². The third-order valence-corrected chi connectivity index (χ3v) is 8.33. The first-order valence-corrected chi connectivity index (χ1v) is 16.1. The summed E-state index contributed by atoms with van der Waals surface area (Å²) in [4.78, 5) is 52.0. The Bertz CT molecular complexity index is 1470. The molecule has 0 saturated carbocycles. The minimum Gasteiger partial charge on any atom is -0.444 e. The lowest BCUT2D eigenvalue weighted by molar-refractivity contribution is -0.142. The van der Waals surface area contributed by atoms with Crippen LogP contribution >= 0.6 is 0 Å². The van der Waals surface area contributed by atoms with Gasteiger partial charge in [0.2, 0.25) is 5.91 Å². The number of aromatic nitrogens is 2. The quantitative estimate of drug-likeness (QED) is 0.358. The summed E-state index contributed by atoms with van der Waals surface area (Å²) in [5, 5.41) is 0. The van der Waals surface area contributed by atoms with Gasteiger partial charge in [0.25, 0.3) is 5.91 Å². The van der Waals surface area contributed by atoms with Gasteiger partial charge in [0.1, 0.15) is 5.60 Å². The number of hydrogen-bond donors (Lipinski definition) is 0. The second-order valence-electron chi connectivity index (χ2n) is 13.6. The maximum Gasteiger partial charge on any atom is 0.410 e. The van der Waals surface area contributed by atoms with E-state index in [9.17, 15) is 14.4 Å². The molecule has 3 amide bonds. The molecule has 0 radical (unpaired) electrons. The second kappa shape index (κ2) is 14.0. The van der Waals surface area contributed by atoms with E-state index in [1.54, 1.807) is 4.90 Å². The highest BCUT2D eigenvalue weighted by Gasteiger charge is 2.41. The molecule has 10 heteroatoms. The van der Waals surface area contributed by atoms with Gasteiger partial charge in [-0.1, -0.05) is 56.3 Å². The van der Waals surface area contributed by atoms with Crippen LogP contribution in [0.4, 0.5) is 4.79 Å². The molecule has 10 nitrogen and oxygen atoms in total. The molecule has 45 heavy (non-hydrogen) atoms. The van der Waals surface area contributed by atoms with Crippen LogP contribution in [0.1, 0.15) is 57.2 Å². The minimum absolute atomic E-state index is 0.0106. The van der Waals surface area contributed by atoms with Crippen LogP contribution in [0, 0.1) is 11.8 Å². The van der Waals surface area contributed by atoms with Gasteiger partial charge in [-0.15, -0.1) is 0 Å². The number of carbonyl (C=O) groups excluding carboxylic acids is 3. The van der Waals surface area contributed by atoms with E-state index in [1.165, 1.54) is 5.56 Å². The lowest BCUT2D eigenvalue weighted by Crippen LogP contribution is -2.58. The van der Waals surface area contributed by atoms with E-state index in [4.69, 9.17) is 14.5 Å². The van der Waals surface area contributed by atoms with Crippen molar-refractivity contribution in [1.29, 1.82) is 0 Å². The van der Waals surface area contributed by atoms with Crippen LogP contribution in [0.5, 0.6) is 0 Å². The number of likely N-dealkylation sites (tertiary alicyclic amines) is 1. The number of para-hydroxylation sites is 2.